The standard InChI is InChI=1S/C13H19NO4S/c1-4-10(3)14(5-2)19(17,18)12-9-7-6-8-11(12)13(15)16/h6-10H,4-5H2,1-3H3,(H,15,16). The molecule has 1 aromatic rings. The monoisotopic (exact) mass is 285 g/mol. The third kappa shape index (κ3) is 3.13. The van der Waals surface area contributed by atoms with Gasteiger partial charge < -0.3 is 5.11 Å². The highest BCUT2D eigenvalue weighted by Crippen LogP contribution is 2.22. The normalized spacial score (nSPS) is 13.5. The number of hydrogen-bond acceptors (Lipinski definition) is 3. The number of benzene rings is 1. The minimum atomic E-state index is -3.79. The number of sulfonamides is 1. The minimum absolute atomic E-state index is 0.148. The van der Waals surface area contributed by atoms with E-state index in [9.17, 15) is 13.2 Å². The predicted octanol–water partition coefficient (Wildman–Crippen LogP) is 2.19. The quantitative estimate of drug-likeness (QED) is 0.869. The number of carbonyl (C=O) groups is 1. The van der Waals surface area contributed by atoms with E-state index in [4.69, 9.17) is 5.11 Å². The van der Waals surface area contributed by atoms with E-state index in [0.29, 0.717) is 13.0 Å². The van der Waals surface area contributed by atoms with Crippen LogP contribution in [0, 0.1) is 0 Å². The van der Waals surface area contributed by atoms with Crippen LogP contribution in [-0.2, 0) is 10.0 Å². The van der Waals surface area contributed by atoms with Crippen molar-refractivity contribution in [3.63, 3.8) is 0 Å². The van der Waals surface area contributed by atoms with E-state index in [1.807, 2.05) is 13.8 Å². The van der Waals surface area contributed by atoms with Crippen molar-refractivity contribution in [3.8, 4) is 0 Å². The van der Waals surface area contributed by atoms with Gasteiger partial charge >= 0.3 is 5.97 Å². The van der Waals surface area contributed by atoms with Crippen LogP contribution in [0.15, 0.2) is 29.2 Å². The van der Waals surface area contributed by atoms with Gasteiger partial charge in [0, 0.05) is 12.6 Å². The van der Waals surface area contributed by atoms with Gasteiger partial charge in [-0.1, -0.05) is 26.0 Å². The van der Waals surface area contributed by atoms with Gasteiger partial charge in [-0.3, -0.25) is 0 Å². The van der Waals surface area contributed by atoms with E-state index in [1.165, 1.54) is 28.6 Å². The smallest absolute Gasteiger partial charge is 0.337 e. The molecule has 0 bridgehead atoms. The molecule has 0 radical (unpaired) electrons. The van der Waals surface area contributed by atoms with Gasteiger partial charge in [0.25, 0.3) is 0 Å². The van der Waals surface area contributed by atoms with Crippen molar-refractivity contribution in [2.45, 2.75) is 38.1 Å². The lowest BCUT2D eigenvalue weighted by molar-refractivity contribution is 0.0692. The summed E-state index contributed by atoms with van der Waals surface area (Å²) in [4.78, 5) is 11.0. The average Bonchev–Trinajstić information content (AvgIpc) is 2.38. The van der Waals surface area contributed by atoms with Crippen molar-refractivity contribution in [1.29, 1.82) is 0 Å². The molecule has 0 spiro atoms. The van der Waals surface area contributed by atoms with Crippen LogP contribution in [0.25, 0.3) is 0 Å². The van der Waals surface area contributed by atoms with Gasteiger partial charge in [0.15, 0.2) is 0 Å². The second kappa shape index (κ2) is 6.16. The summed E-state index contributed by atoms with van der Waals surface area (Å²) in [7, 11) is -3.79. The van der Waals surface area contributed by atoms with Crippen molar-refractivity contribution < 1.29 is 18.3 Å². The van der Waals surface area contributed by atoms with Crippen molar-refractivity contribution >= 4 is 16.0 Å². The van der Waals surface area contributed by atoms with Crippen LogP contribution >= 0.6 is 0 Å². The summed E-state index contributed by atoms with van der Waals surface area (Å²) in [6.45, 7) is 5.76. The predicted molar refractivity (Wildman–Crippen MR) is 72.7 cm³/mol. The van der Waals surface area contributed by atoms with Crippen molar-refractivity contribution in [3.05, 3.63) is 29.8 Å². The second-order valence-corrected chi connectivity index (χ2v) is 6.13. The molecule has 0 saturated carbocycles. The molecule has 0 fully saturated rings. The van der Waals surface area contributed by atoms with Gasteiger partial charge in [0.05, 0.1) is 10.5 Å². The van der Waals surface area contributed by atoms with Gasteiger partial charge in [0.2, 0.25) is 10.0 Å². The molecule has 106 valence electrons. The fourth-order valence-electron chi connectivity index (χ4n) is 1.92. The van der Waals surface area contributed by atoms with Crippen LogP contribution in [0.3, 0.4) is 0 Å². The summed E-state index contributed by atoms with van der Waals surface area (Å²) >= 11 is 0. The van der Waals surface area contributed by atoms with Gasteiger partial charge in [-0.15, -0.1) is 0 Å². The highest BCUT2D eigenvalue weighted by Gasteiger charge is 2.30. The lowest BCUT2D eigenvalue weighted by Gasteiger charge is -2.26. The largest absolute Gasteiger partial charge is 0.478 e. The van der Waals surface area contributed by atoms with Gasteiger partial charge in [-0.05, 0) is 25.5 Å². The lowest BCUT2D eigenvalue weighted by Crippen LogP contribution is -2.38. The summed E-state index contributed by atoms with van der Waals surface area (Å²) in [5.74, 6) is -1.24. The Morgan fingerprint density at radius 2 is 1.89 bits per heavy atom. The first-order chi connectivity index (χ1) is 8.86. The zero-order chi connectivity index (χ0) is 14.6. The number of carboxylic acids is 1. The SMILES string of the molecule is CCC(C)N(CC)S(=O)(=O)c1ccccc1C(=O)O. The molecule has 6 heteroatoms. The highest BCUT2D eigenvalue weighted by atomic mass is 32.2. The zero-order valence-corrected chi connectivity index (χ0v) is 12.1. The van der Waals surface area contributed by atoms with E-state index in [-0.39, 0.29) is 16.5 Å². The molecule has 0 aliphatic rings. The third-order valence-electron chi connectivity index (χ3n) is 3.10. The van der Waals surface area contributed by atoms with Crippen molar-refractivity contribution in [2.24, 2.45) is 0 Å². The van der Waals surface area contributed by atoms with Crippen LogP contribution in [0.4, 0.5) is 0 Å². The Hall–Kier alpha value is -1.40. The second-order valence-electron chi connectivity index (χ2n) is 4.27. The first-order valence-corrected chi connectivity index (χ1v) is 7.64. The summed E-state index contributed by atoms with van der Waals surface area (Å²) < 4.78 is 26.4. The summed E-state index contributed by atoms with van der Waals surface area (Å²) in [5, 5.41) is 9.10. The Labute approximate surface area is 113 Å². The maximum Gasteiger partial charge on any atom is 0.337 e. The molecule has 1 N–H and O–H groups in total. The molecule has 1 unspecified atom stereocenters. The number of hydrogen-bond donors (Lipinski definition) is 1. The molecule has 1 atom stereocenters. The van der Waals surface area contributed by atoms with Crippen LogP contribution in [0.5, 0.6) is 0 Å². The molecule has 0 aromatic heterocycles. The first-order valence-electron chi connectivity index (χ1n) is 6.20. The molecule has 0 saturated heterocycles. The summed E-state index contributed by atoms with van der Waals surface area (Å²) in [6, 6.07) is 5.52. The van der Waals surface area contributed by atoms with Crippen molar-refractivity contribution in [1.82, 2.24) is 4.31 Å². The molecule has 0 aliphatic carbocycles. The van der Waals surface area contributed by atoms with Crippen LogP contribution < -0.4 is 0 Å². The topological polar surface area (TPSA) is 74.7 Å². The van der Waals surface area contributed by atoms with Crippen LogP contribution in [0.1, 0.15) is 37.6 Å². The van der Waals surface area contributed by atoms with E-state index in [2.05, 4.69) is 0 Å². The number of nitrogens with zero attached hydrogens (tertiary/aromatic N) is 1. The third-order valence-corrected chi connectivity index (χ3v) is 5.25. The van der Waals surface area contributed by atoms with Gasteiger partial charge in [-0.25, -0.2) is 13.2 Å². The Kier molecular flexibility index (Phi) is 5.08. The average molecular weight is 285 g/mol. The molecule has 1 aromatic carbocycles. The first kappa shape index (κ1) is 15.7. The van der Waals surface area contributed by atoms with E-state index in [0.717, 1.165) is 0 Å². The van der Waals surface area contributed by atoms with Crippen LogP contribution in [-0.4, -0.2) is 36.4 Å². The molecule has 0 amide bonds. The highest BCUT2D eigenvalue weighted by molar-refractivity contribution is 7.89. The molecular weight excluding hydrogens is 266 g/mol. The van der Waals surface area contributed by atoms with Crippen LogP contribution in [0.2, 0.25) is 0 Å². The lowest BCUT2D eigenvalue weighted by atomic mass is 10.2. The molecular formula is C13H19NO4S. The van der Waals surface area contributed by atoms with E-state index in [1.54, 1.807) is 6.92 Å². The molecule has 0 aliphatic heterocycles. The van der Waals surface area contributed by atoms with E-state index < -0.39 is 16.0 Å². The minimum Gasteiger partial charge on any atom is -0.478 e. The molecule has 1 rings (SSSR count). The Balaban J connectivity index is 3.38. The maximum absolute atomic E-state index is 12.6. The number of aromatic carboxylic acids is 1. The Morgan fingerprint density at radius 3 is 2.37 bits per heavy atom. The molecule has 19 heavy (non-hydrogen) atoms. The zero-order valence-electron chi connectivity index (χ0n) is 11.3. The van der Waals surface area contributed by atoms with Gasteiger partial charge in [0.1, 0.15) is 0 Å². The fraction of sp³-hybridized carbons (Fsp3) is 0.462. The number of rotatable bonds is 6. The Bertz CT molecular complexity index is 554. The van der Waals surface area contributed by atoms with E-state index >= 15 is 0 Å². The molecule has 5 nitrogen and oxygen atoms in total. The maximum atomic E-state index is 12.6. The van der Waals surface area contributed by atoms with Gasteiger partial charge in [-0.2, -0.15) is 4.31 Å². The molecule has 0 heterocycles. The summed E-state index contributed by atoms with van der Waals surface area (Å²) in [6.07, 6.45) is 0.669. The number of carboxylic acid groups (broad SMARTS) is 1. The summed E-state index contributed by atoms with van der Waals surface area (Å²) in [5.41, 5.74) is -0.191. The van der Waals surface area contributed by atoms with Crippen molar-refractivity contribution in [2.75, 3.05) is 6.54 Å². The fourth-order valence-corrected chi connectivity index (χ4v) is 3.82. The Morgan fingerprint density at radius 1 is 1.32 bits per heavy atom.